The van der Waals surface area contributed by atoms with Gasteiger partial charge in [0.25, 0.3) is 0 Å². The number of hydrogen-bond donors (Lipinski definition) is 0. The second-order valence-corrected chi connectivity index (χ2v) is 4.01. The standard InChI is InChI=1S/C14H18N2O/c1-2-17-11-14(16-9-8-15-12-16)10-13-6-4-3-5-7-13/h3-9,12,14H,2,10-11H2,1H3/t14-/m0/s1. The Morgan fingerprint density at radius 1 is 1.29 bits per heavy atom. The first-order valence-electron chi connectivity index (χ1n) is 5.99. The third-order valence-corrected chi connectivity index (χ3v) is 2.78. The molecule has 0 saturated carbocycles. The van der Waals surface area contributed by atoms with Gasteiger partial charge in [0, 0.05) is 19.0 Å². The summed E-state index contributed by atoms with van der Waals surface area (Å²) in [7, 11) is 0. The summed E-state index contributed by atoms with van der Waals surface area (Å²) in [5.41, 5.74) is 1.32. The van der Waals surface area contributed by atoms with E-state index in [1.54, 1.807) is 0 Å². The van der Waals surface area contributed by atoms with Crippen molar-refractivity contribution in [3.05, 3.63) is 54.6 Å². The maximum absolute atomic E-state index is 5.54. The van der Waals surface area contributed by atoms with Crippen molar-refractivity contribution in [1.82, 2.24) is 9.55 Å². The molecule has 0 radical (unpaired) electrons. The van der Waals surface area contributed by atoms with Crippen molar-refractivity contribution in [2.75, 3.05) is 13.2 Å². The van der Waals surface area contributed by atoms with Gasteiger partial charge in [0.1, 0.15) is 0 Å². The van der Waals surface area contributed by atoms with Crippen LogP contribution in [0.1, 0.15) is 18.5 Å². The summed E-state index contributed by atoms with van der Waals surface area (Å²) in [6.45, 7) is 3.50. The summed E-state index contributed by atoms with van der Waals surface area (Å²) in [6.07, 6.45) is 6.63. The van der Waals surface area contributed by atoms with Gasteiger partial charge in [-0.2, -0.15) is 0 Å². The number of aromatic nitrogens is 2. The Morgan fingerprint density at radius 2 is 2.12 bits per heavy atom. The molecule has 0 saturated heterocycles. The van der Waals surface area contributed by atoms with E-state index in [1.165, 1.54) is 5.56 Å². The fraction of sp³-hybridized carbons (Fsp3) is 0.357. The molecule has 0 aliphatic heterocycles. The highest BCUT2D eigenvalue weighted by atomic mass is 16.5. The van der Waals surface area contributed by atoms with E-state index < -0.39 is 0 Å². The molecule has 0 aliphatic carbocycles. The van der Waals surface area contributed by atoms with Gasteiger partial charge in [-0.15, -0.1) is 0 Å². The molecule has 0 fully saturated rings. The SMILES string of the molecule is CCOC[C@H](Cc1ccccc1)n1ccnc1. The molecule has 90 valence electrons. The average molecular weight is 230 g/mol. The lowest BCUT2D eigenvalue weighted by atomic mass is 10.1. The minimum atomic E-state index is 0.319. The monoisotopic (exact) mass is 230 g/mol. The Hall–Kier alpha value is -1.61. The summed E-state index contributed by atoms with van der Waals surface area (Å²) in [4.78, 5) is 4.10. The molecular formula is C14H18N2O. The Balaban J connectivity index is 2.06. The van der Waals surface area contributed by atoms with Gasteiger partial charge in [0.05, 0.1) is 19.0 Å². The Kier molecular flexibility index (Phi) is 4.33. The number of imidazole rings is 1. The van der Waals surface area contributed by atoms with E-state index in [-0.39, 0.29) is 0 Å². The normalized spacial score (nSPS) is 12.5. The number of rotatable bonds is 6. The van der Waals surface area contributed by atoms with E-state index in [1.807, 2.05) is 31.7 Å². The van der Waals surface area contributed by atoms with Gasteiger partial charge in [0.2, 0.25) is 0 Å². The van der Waals surface area contributed by atoms with Crippen LogP contribution in [0.15, 0.2) is 49.1 Å². The quantitative estimate of drug-likeness (QED) is 0.763. The molecule has 0 aliphatic rings. The summed E-state index contributed by atoms with van der Waals surface area (Å²) in [5, 5.41) is 0. The molecule has 1 aromatic carbocycles. The van der Waals surface area contributed by atoms with Crippen molar-refractivity contribution >= 4 is 0 Å². The number of nitrogens with zero attached hydrogens (tertiary/aromatic N) is 2. The third-order valence-electron chi connectivity index (χ3n) is 2.78. The molecule has 2 aromatic rings. The molecular weight excluding hydrogens is 212 g/mol. The first-order valence-corrected chi connectivity index (χ1v) is 5.99. The van der Waals surface area contributed by atoms with Crippen LogP contribution >= 0.6 is 0 Å². The maximum Gasteiger partial charge on any atom is 0.0949 e. The molecule has 0 spiro atoms. The molecule has 0 bridgehead atoms. The molecule has 0 unspecified atom stereocenters. The number of ether oxygens (including phenoxy) is 1. The summed E-state index contributed by atoms with van der Waals surface area (Å²) in [6, 6.07) is 10.8. The van der Waals surface area contributed by atoms with Crippen molar-refractivity contribution in [2.24, 2.45) is 0 Å². The molecule has 17 heavy (non-hydrogen) atoms. The highest BCUT2D eigenvalue weighted by Crippen LogP contribution is 2.14. The highest BCUT2D eigenvalue weighted by Gasteiger charge is 2.11. The smallest absolute Gasteiger partial charge is 0.0949 e. The molecule has 3 nitrogen and oxygen atoms in total. The predicted octanol–water partition coefficient (Wildman–Crippen LogP) is 2.70. The predicted molar refractivity (Wildman–Crippen MR) is 67.9 cm³/mol. The number of hydrogen-bond acceptors (Lipinski definition) is 2. The van der Waals surface area contributed by atoms with Gasteiger partial charge in [0.15, 0.2) is 0 Å². The van der Waals surface area contributed by atoms with Crippen molar-refractivity contribution in [2.45, 2.75) is 19.4 Å². The van der Waals surface area contributed by atoms with Gasteiger partial charge >= 0.3 is 0 Å². The fourth-order valence-corrected chi connectivity index (χ4v) is 1.88. The van der Waals surface area contributed by atoms with Crippen LogP contribution in [0.25, 0.3) is 0 Å². The van der Waals surface area contributed by atoms with Crippen LogP contribution < -0.4 is 0 Å². The minimum absolute atomic E-state index is 0.319. The van der Waals surface area contributed by atoms with Crippen LogP contribution in [0.2, 0.25) is 0 Å². The molecule has 3 heteroatoms. The molecule has 1 heterocycles. The van der Waals surface area contributed by atoms with Crippen LogP contribution in [0.5, 0.6) is 0 Å². The zero-order chi connectivity index (χ0) is 11.9. The van der Waals surface area contributed by atoms with E-state index in [2.05, 4.69) is 33.8 Å². The Morgan fingerprint density at radius 3 is 2.76 bits per heavy atom. The largest absolute Gasteiger partial charge is 0.380 e. The first kappa shape index (κ1) is 11.9. The zero-order valence-corrected chi connectivity index (χ0v) is 10.1. The Bertz CT molecular complexity index is 411. The highest BCUT2D eigenvalue weighted by molar-refractivity contribution is 5.15. The van der Waals surface area contributed by atoms with Crippen LogP contribution in [0.3, 0.4) is 0 Å². The van der Waals surface area contributed by atoms with Crippen molar-refractivity contribution in [3.63, 3.8) is 0 Å². The van der Waals surface area contributed by atoms with Gasteiger partial charge in [-0.3, -0.25) is 0 Å². The maximum atomic E-state index is 5.54. The van der Waals surface area contributed by atoms with Crippen molar-refractivity contribution in [3.8, 4) is 0 Å². The Labute approximate surface area is 102 Å². The lowest BCUT2D eigenvalue weighted by molar-refractivity contribution is 0.113. The van der Waals surface area contributed by atoms with E-state index in [4.69, 9.17) is 4.74 Å². The van der Waals surface area contributed by atoms with E-state index in [0.29, 0.717) is 6.04 Å². The van der Waals surface area contributed by atoms with Crippen LogP contribution in [-0.2, 0) is 11.2 Å². The molecule has 1 aromatic heterocycles. The molecule has 0 amide bonds. The van der Waals surface area contributed by atoms with Gasteiger partial charge in [-0.1, -0.05) is 30.3 Å². The third kappa shape index (κ3) is 3.43. The van der Waals surface area contributed by atoms with Crippen LogP contribution in [0, 0.1) is 0 Å². The average Bonchev–Trinajstić information content (AvgIpc) is 2.89. The topological polar surface area (TPSA) is 27.1 Å². The summed E-state index contributed by atoms with van der Waals surface area (Å²) >= 11 is 0. The van der Waals surface area contributed by atoms with E-state index in [9.17, 15) is 0 Å². The molecule has 1 atom stereocenters. The molecule has 0 N–H and O–H groups in total. The fourth-order valence-electron chi connectivity index (χ4n) is 1.88. The lowest BCUT2D eigenvalue weighted by Gasteiger charge is -2.18. The first-order chi connectivity index (χ1) is 8.40. The summed E-state index contributed by atoms with van der Waals surface area (Å²) in [5.74, 6) is 0. The van der Waals surface area contributed by atoms with Gasteiger partial charge in [-0.05, 0) is 18.9 Å². The van der Waals surface area contributed by atoms with Crippen LogP contribution in [0.4, 0.5) is 0 Å². The zero-order valence-electron chi connectivity index (χ0n) is 10.1. The second-order valence-electron chi connectivity index (χ2n) is 4.01. The second kappa shape index (κ2) is 6.21. The lowest BCUT2D eigenvalue weighted by Crippen LogP contribution is -2.17. The van der Waals surface area contributed by atoms with Gasteiger partial charge < -0.3 is 9.30 Å². The van der Waals surface area contributed by atoms with E-state index >= 15 is 0 Å². The van der Waals surface area contributed by atoms with E-state index in [0.717, 1.165) is 19.6 Å². The minimum Gasteiger partial charge on any atom is -0.380 e. The van der Waals surface area contributed by atoms with Crippen LogP contribution in [-0.4, -0.2) is 22.8 Å². The van der Waals surface area contributed by atoms with Crippen molar-refractivity contribution < 1.29 is 4.74 Å². The summed E-state index contributed by atoms with van der Waals surface area (Å²) < 4.78 is 7.66. The van der Waals surface area contributed by atoms with Crippen molar-refractivity contribution in [1.29, 1.82) is 0 Å². The molecule has 2 rings (SSSR count). The van der Waals surface area contributed by atoms with Gasteiger partial charge in [-0.25, -0.2) is 4.98 Å². The number of benzene rings is 1.